The van der Waals surface area contributed by atoms with Crippen molar-refractivity contribution in [3.05, 3.63) is 35.4 Å². The summed E-state index contributed by atoms with van der Waals surface area (Å²) in [5.74, 6) is -0.0981. The number of aliphatic carboxylic acids is 1. The molecule has 1 aromatic rings. The summed E-state index contributed by atoms with van der Waals surface area (Å²) in [6.45, 7) is 4.81. The first kappa shape index (κ1) is 15.0. The Bertz CT molecular complexity index is 424. The smallest absolute Gasteiger partial charge is 0.307 e. The van der Waals surface area contributed by atoms with Gasteiger partial charge in [-0.25, -0.2) is 0 Å². The van der Waals surface area contributed by atoms with E-state index in [1.165, 1.54) is 5.56 Å². The molecule has 1 atom stereocenters. The summed E-state index contributed by atoms with van der Waals surface area (Å²) in [7, 11) is 0. The van der Waals surface area contributed by atoms with Gasteiger partial charge in [0.15, 0.2) is 0 Å². The van der Waals surface area contributed by atoms with Gasteiger partial charge in [0, 0.05) is 25.8 Å². The minimum Gasteiger partial charge on any atom is -0.481 e. The SMILES string of the molecule is CC(NCc1ccc(CC(=O)O)cc1)C1CCOCC1. The maximum atomic E-state index is 10.6. The number of rotatable bonds is 6. The fourth-order valence-electron chi connectivity index (χ4n) is 2.61. The van der Waals surface area contributed by atoms with E-state index >= 15 is 0 Å². The number of carboxylic acid groups (broad SMARTS) is 1. The van der Waals surface area contributed by atoms with Crippen LogP contribution in [0.2, 0.25) is 0 Å². The third-order valence-corrected chi connectivity index (χ3v) is 3.98. The van der Waals surface area contributed by atoms with Crippen molar-refractivity contribution < 1.29 is 14.6 Å². The lowest BCUT2D eigenvalue weighted by molar-refractivity contribution is -0.136. The molecule has 1 unspecified atom stereocenters. The topological polar surface area (TPSA) is 58.6 Å². The first-order valence-corrected chi connectivity index (χ1v) is 7.26. The van der Waals surface area contributed by atoms with Crippen molar-refractivity contribution >= 4 is 5.97 Å². The first-order valence-electron chi connectivity index (χ1n) is 7.26. The molecule has 0 amide bonds. The third kappa shape index (κ3) is 4.62. The molecule has 2 rings (SSSR count). The minimum atomic E-state index is -0.788. The molecule has 4 nitrogen and oxygen atoms in total. The number of benzene rings is 1. The van der Waals surface area contributed by atoms with Gasteiger partial charge in [0.1, 0.15) is 0 Å². The number of nitrogens with one attached hydrogen (secondary N) is 1. The summed E-state index contributed by atoms with van der Waals surface area (Å²) in [6.07, 6.45) is 2.35. The Labute approximate surface area is 120 Å². The molecule has 0 saturated carbocycles. The molecule has 1 saturated heterocycles. The molecule has 110 valence electrons. The second-order valence-corrected chi connectivity index (χ2v) is 5.51. The van der Waals surface area contributed by atoms with Crippen molar-refractivity contribution in [3.8, 4) is 0 Å². The van der Waals surface area contributed by atoms with E-state index < -0.39 is 5.97 Å². The first-order chi connectivity index (χ1) is 9.65. The summed E-state index contributed by atoms with van der Waals surface area (Å²) in [5, 5.41) is 12.3. The van der Waals surface area contributed by atoms with Crippen molar-refractivity contribution in [2.24, 2.45) is 5.92 Å². The van der Waals surface area contributed by atoms with Crippen LogP contribution in [-0.4, -0.2) is 30.3 Å². The van der Waals surface area contributed by atoms with Crippen LogP contribution in [0.3, 0.4) is 0 Å². The normalized spacial score (nSPS) is 17.9. The molecule has 1 aliphatic rings. The van der Waals surface area contributed by atoms with E-state index in [0.29, 0.717) is 12.0 Å². The van der Waals surface area contributed by atoms with E-state index in [9.17, 15) is 4.79 Å². The maximum absolute atomic E-state index is 10.6. The van der Waals surface area contributed by atoms with Crippen LogP contribution < -0.4 is 5.32 Å². The second kappa shape index (κ2) is 7.41. The van der Waals surface area contributed by atoms with Gasteiger partial charge in [-0.3, -0.25) is 4.79 Å². The molecule has 1 aliphatic heterocycles. The Morgan fingerprint density at radius 2 is 1.90 bits per heavy atom. The van der Waals surface area contributed by atoms with Crippen LogP contribution in [0.25, 0.3) is 0 Å². The van der Waals surface area contributed by atoms with Crippen LogP contribution in [0.4, 0.5) is 0 Å². The minimum absolute atomic E-state index is 0.0895. The molecule has 0 radical (unpaired) electrons. The van der Waals surface area contributed by atoms with Gasteiger partial charge in [-0.2, -0.15) is 0 Å². The molecule has 1 fully saturated rings. The largest absolute Gasteiger partial charge is 0.481 e. The highest BCUT2D eigenvalue weighted by atomic mass is 16.5. The number of carboxylic acids is 1. The molecule has 0 bridgehead atoms. The average molecular weight is 277 g/mol. The highest BCUT2D eigenvalue weighted by Gasteiger charge is 2.19. The van der Waals surface area contributed by atoms with Gasteiger partial charge in [-0.05, 0) is 36.8 Å². The van der Waals surface area contributed by atoms with Gasteiger partial charge in [0.2, 0.25) is 0 Å². The zero-order valence-electron chi connectivity index (χ0n) is 12.0. The molecule has 0 spiro atoms. The number of hydrogen-bond acceptors (Lipinski definition) is 3. The molecule has 4 heteroatoms. The maximum Gasteiger partial charge on any atom is 0.307 e. The van der Waals surface area contributed by atoms with E-state index in [2.05, 4.69) is 12.2 Å². The van der Waals surface area contributed by atoms with Crippen molar-refractivity contribution in [1.29, 1.82) is 0 Å². The zero-order valence-corrected chi connectivity index (χ0v) is 12.0. The molecular weight excluding hydrogens is 254 g/mol. The number of carbonyl (C=O) groups is 1. The van der Waals surface area contributed by atoms with Crippen LogP contribution in [0.5, 0.6) is 0 Å². The quantitative estimate of drug-likeness (QED) is 0.837. The van der Waals surface area contributed by atoms with Crippen LogP contribution in [0.15, 0.2) is 24.3 Å². The van der Waals surface area contributed by atoms with E-state index in [-0.39, 0.29) is 6.42 Å². The second-order valence-electron chi connectivity index (χ2n) is 5.51. The summed E-state index contributed by atoms with van der Waals surface area (Å²) >= 11 is 0. The average Bonchev–Trinajstić information content (AvgIpc) is 2.46. The van der Waals surface area contributed by atoms with E-state index in [0.717, 1.165) is 38.2 Å². The third-order valence-electron chi connectivity index (χ3n) is 3.98. The Hall–Kier alpha value is -1.39. The van der Waals surface area contributed by atoms with Gasteiger partial charge in [-0.15, -0.1) is 0 Å². The Morgan fingerprint density at radius 3 is 2.50 bits per heavy atom. The van der Waals surface area contributed by atoms with Gasteiger partial charge in [-0.1, -0.05) is 24.3 Å². The summed E-state index contributed by atoms with van der Waals surface area (Å²) < 4.78 is 5.38. The molecule has 1 heterocycles. The van der Waals surface area contributed by atoms with E-state index in [1.807, 2.05) is 24.3 Å². The highest BCUT2D eigenvalue weighted by Crippen LogP contribution is 2.18. The monoisotopic (exact) mass is 277 g/mol. The van der Waals surface area contributed by atoms with Crippen LogP contribution in [0.1, 0.15) is 30.9 Å². The Kier molecular flexibility index (Phi) is 5.56. The molecule has 2 N–H and O–H groups in total. The van der Waals surface area contributed by atoms with Crippen LogP contribution in [0, 0.1) is 5.92 Å². The molecule has 0 aliphatic carbocycles. The lowest BCUT2D eigenvalue weighted by Crippen LogP contribution is -2.36. The highest BCUT2D eigenvalue weighted by molar-refractivity contribution is 5.70. The molecule has 1 aromatic carbocycles. The van der Waals surface area contributed by atoms with Crippen molar-refractivity contribution in [1.82, 2.24) is 5.32 Å². The Morgan fingerprint density at radius 1 is 1.30 bits per heavy atom. The predicted molar refractivity (Wildman–Crippen MR) is 77.6 cm³/mol. The molecule has 20 heavy (non-hydrogen) atoms. The standard InChI is InChI=1S/C16H23NO3/c1-12(15-6-8-20-9-7-15)17-11-14-4-2-13(3-5-14)10-16(18)19/h2-5,12,15,17H,6-11H2,1H3,(H,18,19). The fourth-order valence-corrected chi connectivity index (χ4v) is 2.61. The molecular formula is C16H23NO3. The number of hydrogen-bond donors (Lipinski definition) is 2. The van der Waals surface area contributed by atoms with E-state index in [4.69, 9.17) is 9.84 Å². The number of ether oxygens (including phenoxy) is 1. The van der Waals surface area contributed by atoms with Gasteiger partial charge >= 0.3 is 5.97 Å². The van der Waals surface area contributed by atoms with Crippen LogP contribution >= 0.6 is 0 Å². The van der Waals surface area contributed by atoms with Crippen molar-refractivity contribution in [2.45, 2.75) is 38.8 Å². The Balaban J connectivity index is 1.79. The lowest BCUT2D eigenvalue weighted by Gasteiger charge is -2.28. The predicted octanol–water partition coefficient (Wildman–Crippen LogP) is 2.22. The van der Waals surface area contributed by atoms with E-state index in [1.54, 1.807) is 0 Å². The lowest BCUT2D eigenvalue weighted by atomic mass is 9.93. The van der Waals surface area contributed by atoms with Crippen molar-refractivity contribution in [2.75, 3.05) is 13.2 Å². The van der Waals surface area contributed by atoms with Gasteiger partial charge < -0.3 is 15.2 Å². The summed E-state index contributed by atoms with van der Waals surface area (Å²) in [4.78, 5) is 10.6. The van der Waals surface area contributed by atoms with Gasteiger partial charge in [0.25, 0.3) is 0 Å². The molecule has 0 aromatic heterocycles. The summed E-state index contributed by atoms with van der Waals surface area (Å²) in [5.41, 5.74) is 2.04. The zero-order chi connectivity index (χ0) is 14.4. The van der Waals surface area contributed by atoms with Crippen LogP contribution in [-0.2, 0) is 22.5 Å². The summed E-state index contributed by atoms with van der Waals surface area (Å²) in [6, 6.07) is 8.27. The van der Waals surface area contributed by atoms with Crippen molar-refractivity contribution in [3.63, 3.8) is 0 Å². The van der Waals surface area contributed by atoms with Gasteiger partial charge in [0.05, 0.1) is 6.42 Å². The fraction of sp³-hybridized carbons (Fsp3) is 0.562.